The topological polar surface area (TPSA) is 94.2 Å². The molecule has 0 radical (unpaired) electrons. The molecule has 2 saturated carbocycles. The number of hydrogen-bond acceptors (Lipinski definition) is 7. The van der Waals surface area contributed by atoms with Gasteiger partial charge in [-0.3, -0.25) is 0 Å². The first-order chi connectivity index (χ1) is 11.6. The van der Waals surface area contributed by atoms with E-state index in [9.17, 15) is 4.79 Å². The molecule has 24 heavy (non-hydrogen) atoms. The first kappa shape index (κ1) is 15.6. The van der Waals surface area contributed by atoms with Gasteiger partial charge >= 0.3 is 5.97 Å². The van der Waals surface area contributed by atoms with Crippen LogP contribution in [0.1, 0.15) is 63.6 Å². The fraction of sp³-hybridized carbons (Fsp3) is 0.765. The lowest BCUT2D eigenvalue weighted by Gasteiger charge is -2.39. The van der Waals surface area contributed by atoms with Crippen molar-refractivity contribution in [2.75, 3.05) is 23.8 Å². The second-order valence-corrected chi connectivity index (χ2v) is 7.32. The number of rotatable bonds is 4. The van der Waals surface area contributed by atoms with Crippen LogP contribution in [0.3, 0.4) is 0 Å². The second-order valence-electron chi connectivity index (χ2n) is 7.32. The van der Waals surface area contributed by atoms with Gasteiger partial charge in [0.05, 0.1) is 6.61 Å². The summed E-state index contributed by atoms with van der Waals surface area (Å²) in [5.74, 6) is 2.32. The molecule has 2 N–H and O–H groups in total. The molecule has 5 rings (SSSR count). The molecule has 2 aliphatic carbocycles. The van der Waals surface area contributed by atoms with Crippen LogP contribution in [0.25, 0.3) is 0 Å². The number of carbonyl (C=O) groups excluding carboxylic acids is 1. The minimum atomic E-state index is -0.585. The third-order valence-corrected chi connectivity index (χ3v) is 5.74. The number of anilines is 2. The Morgan fingerprint density at radius 3 is 2.71 bits per heavy atom. The molecule has 0 aromatic carbocycles. The van der Waals surface area contributed by atoms with Gasteiger partial charge in [0.15, 0.2) is 0 Å². The molecule has 2 bridgehead atoms. The van der Waals surface area contributed by atoms with Crippen molar-refractivity contribution in [3.63, 3.8) is 0 Å². The maximum Gasteiger partial charge on any atom is 0.332 e. The Morgan fingerprint density at radius 1 is 1.25 bits per heavy atom. The molecule has 2 aliphatic heterocycles. The summed E-state index contributed by atoms with van der Waals surface area (Å²) < 4.78 is 5.31. The van der Waals surface area contributed by atoms with Crippen LogP contribution in [0, 0.1) is 5.92 Å². The molecule has 4 aliphatic rings. The molecular weight excluding hydrogens is 306 g/mol. The number of carbonyl (C=O) groups is 1. The summed E-state index contributed by atoms with van der Waals surface area (Å²) in [6.07, 6.45) is 7.58. The van der Waals surface area contributed by atoms with E-state index in [-0.39, 0.29) is 11.9 Å². The summed E-state index contributed by atoms with van der Waals surface area (Å²) in [5.41, 5.74) is 5.38. The van der Waals surface area contributed by atoms with Crippen LogP contribution in [0.2, 0.25) is 0 Å². The lowest BCUT2D eigenvalue weighted by atomic mass is 9.73. The van der Waals surface area contributed by atoms with E-state index < -0.39 is 5.54 Å². The van der Waals surface area contributed by atoms with E-state index in [4.69, 9.17) is 15.5 Å². The molecule has 1 aromatic rings. The first-order valence-corrected chi connectivity index (χ1v) is 9.08. The lowest BCUT2D eigenvalue weighted by molar-refractivity contribution is -0.152. The average molecular weight is 331 g/mol. The summed E-state index contributed by atoms with van der Waals surface area (Å²) in [4.78, 5) is 28.0. The van der Waals surface area contributed by atoms with E-state index in [1.54, 1.807) is 0 Å². The zero-order valence-corrected chi connectivity index (χ0v) is 14.2. The number of nitrogens with two attached hydrogens (primary N) is 1. The quantitative estimate of drug-likeness (QED) is 0.844. The van der Waals surface area contributed by atoms with Crippen molar-refractivity contribution in [3.05, 3.63) is 5.82 Å². The molecule has 7 heteroatoms. The van der Waals surface area contributed by atoms with Gasteiger partial charge in [0.2, 0.25) is 11.9 Å². The standard InChI is InChI=1S/C17H25N5O2/c1-2-24-14(23)17-8-11(9-17)10-22(17)16-20-13(19-15(18)21-16)12-6-4-3-5-7-12/h11-12H,2-10H2,1H3,(H2,18,19,20,21). The van der Waals surface area contributed by atoms with Gasteiger partial charge in [-0.05, 0) is 38.5 Å². The molecule has 7 nitrogen and oxygen atoms in total. The Bertz CT molecular complexity index is 638. The minimum Gasteiger partial charge on any atom is -0.464 e. The monoisotopic (exact) mass is 331 g/mol. The van der Waals surface area contributed by atoms with E-state index in [1.165, 1.54) is 19.3 Å². The van der Waals surface area contributed by atoms with Gasteiger partial charge in [-0.2, -0.15) is 15.0 Å². The number of nitrogens with zero attached hydrogens (tertiary/aromatic N) is 4. The molecular formula is C17H25N5O2. The minimum absolute atomic E-state index is 0.156. The molecule has 1 aromatic heterocycles. The SMILES string of the molecule is CCOC(=O)C12CC(CN1c1nc(N)nc(C3CCCCC3)n1)C2. The zero-order chi connectivity index (χ0) is 16.7. The van der Waals surface area contributed by atoms with Crippen molar-refractivity contribution in [3.8, 4) is 0 Å². The van der Waals surface area contributed by atoms with Gasteiger partial charge in [0.1, 0.15) is 11.4 Å². The number of nitrogen functional groups attached to an aromatic ring is 1. The van der Waals surface area contributed by atoms with Gasteiger partial charge in [-0.15, -0.1) is 0 Å². The van der Waals surface area contributed by atoms with Crippen molar-refractivity contribution < 1.29 is 9.53 Å². The smallest absolute Gasteiger partial charge is 0.332 e. The lowest BCUT2D eigenvalue weighted by Crippen LogP contribution is -2.54. The highest BCUT2D eigenvalue weighted by Crippen LogP contribution is 2.52. The van der Waals surface area contributed by atoms with E-state index in [2.05, 4.69) is 9.97 Å². The zero-order valence-electron chi connectivity index (χ0n) is 14.2. The van der Waals surface area contributed by atoms with Crippen molar-refractivity contribution in [1.82, 2.24) is 15.0 Å². The van der Waals surface area contributed by atoms with Crippen molar-refractivity contribution in [2.45, 2.75) is 63.3 Å². The average Bonchev–Trinajstić information content (AvgIpc) is 3.12. The van der Waals surface area contributed by atoms with Gasteiger partial charge < -0.3 is 15.4 Å². The molecule has 4 fully saturated rings. The molecule has 130 valence electrons. The summed E-state index contributed by atoms with van der Waals surface area (Å²) in [6, 6.07) is 0. The highest BCUT2D eigenvalue weighted by atomic mass is 16.5. The normalized spacial score (nSPS) is 29.4. The van der Waals surface area contributed by atoms with Crippen LogP contribution in [0.4, 0.5) is 11.9 Å². The molecule has 0 spiro atoms. The van der Waals surface area contributed by atoms with Crippen LogP contribution in [0.5, 0.6) is 0 Å². The van der Waals surface area contributed by atoms with Crippen LogP contribution in [-0.2, 0) is 9.53 Å². The van der Waals surface area contributed by atoms with E-state index >= 15 is 0 Å². The molecule has 3 heterocycles. The predicted molar refractivity (Wildman–Crippen MR) is 89.5 cm³/mol. The van der Waals surface area contributed by atoms with Crippen LogP contribution < -0.4 is 10.6 Å². The van der Waals surface area contributed by atoms with E-state index in [0.717, 1.165) is 38.1 Å². The second kappa shape index (κ2) is 5.86. The number of fused-ring (bicyclic) bond motifs is 1. The third kappa shape index (κ3) is 2.41. The summed E-state index contributed by atoms with van der Waals surface area (Å²) in [5, 5.41) is 0. The number of aromatic nitrogens is 3. The van der Waals surface area contributed by atoms with Crippen molar-refractivity contribution >= 4 is 17.9 Å². The molecule has 2 saturated heterocycles. The Balaban J connectivity index is 1.64. The Morgan fingerprint density at radius 2 is 2.00 bits per heavy atom. The predicted octanol–water partition coefficient (Wildman–Crippen LogP) is 2.03. The number of esters is 1. The summed E-state index contributed by atoms with van der Waals surface area (Å²) in [6.45, 7) is 3.03. The fourth-order valence-corrected chi connectivity index (χ4v) is 4.55. The highest BCUT2D eigenvalue weighted by Gasteiger charge is 2.62. The van der Waals surface area contributed by atoms with Crippen molar-refractivity contribution in [1.29, 1.82) is 0 Å². The Hall–Kier alpha value is -1.92. The third-order valence-electron chi connectivity index (χ3n) is 5.74. The van der Waals surface area contributed by atoms with E-state index in [1.807, 2.05) is 11.8 Å². The Labute approximate surface area is 142 Å². The van der Waals surface area contributed by atoms with Gasteiger partial charge in [0, 0.05) is 12.5 Å². The number of ether oxygens (including phenoxy) is 1. The van der Waals surface area contributed by atoms with Crippen LogP contribution in [0.15, 0.2) is 0 Å². The highest BCUT2D eigenvalue weighted by molar-refractivity contribution is 5.87. The first-order valence-electron chi connectivity index (χ1n) is 9.08. The maximum absolute atomic E-state index is 12.5. The maximum atomic E-state index is 12.5. The number of hydrogen-bond donors (Lipinski definition) is 1. The van der Waals surface area contributed by atoms with Gasteiger partial charge in [0.25, 0.3) is 0 Å². The van der Waals surface area contributed by atoms with Crippen LogP contribution >= 0.6 is 0 Å². The molecule has 0 unspecified atom stereocenters. The van der Waals surface area contributed by atoms with Crippen LogP contribution in [-0.4, -0.2) is 39.6 Å². The van der Waals surface area contributed by atoms with Gasteiger partial charge in [-0.25, -0.2) is 4.79 Å². The fourth-order valence-electron chi connectivity index (χ4n) is 4.55. The Kier molecular flexibility index (Phi) is 3.81. The van der Waals surface area contributed by atoms with Gasteiger partial charge in [-0.1, -0.05) is 19.3 Å². The van der Waals surface area contributed by atoms with E-state index in [0.29, 0.717) is 24.4 Å². The van der Waals surface area contributed by atoms with Crippen molar-refractivity contribution in [2.24, 2.45) is 5.92 Å². The summed E-state index contributed by atoms with van der Waals surface area (Å²) in [7, 11) is 0. The largest absolute Gasteiger partial charge is 0.464 e. The molecule has 0 atom stereocenters. The summed E-state index contributed by atoms with van der Waals surface area (Å²) >= 11 is 0. The molecule has 0 amide bonds.